The van der Waals surface area contributed by atoms with Crippen LogP contribution in [0.25, 0.3) is 11.1 Å². The molecule has 3 aromatic rings. The SMILES string of the molecule is O=C(Nc1ccc(COC(=O)N2CCCCC2)cc1)OCC1c2ccccc2-c2ccccc21. The second-order valence-electron chi connectivity index (χ2n) is 8.75. The van der Waals surface area contributed by atoms with Crippen molar-refractivity contribution >= 4 is 17.9 Å². The summed E-state index contributed by atoms with van der Waals surface area (Å²) >= 11 is 0. The number of nitrogens with one attached hydrogen (secondary N) is 1. The molecule has 0 aromatic heterocycles. The van der Waals surface area contributed by atoms with Gasteiger partial charge in [-0.05, 0) is 59.2 Å². The fourth-order valence-electron chi connectivity index (χ4n) is 4.75. The predicted octanol–water partition coefficient (Wildman–Crippen LogP) is 6.17. The number of likely N-dealkylation sites (tertiary alicyclic amines) is 1. The summed E-state index contributed by atoms with van der Waals surface area (Å²) < 4.78 is 11.0. The number of hydrogen-bond donors (Lipinski definition) is 1. The average Bonchev–Trinajstić information content (AvgIpc) is 3.21. The van der Waals surface area contributed by atoms with E-state index in [0.29, 0.717) is 5.69 Å². The van der Waals surface area contributed by atoms with Gasteiger partial charge in [0.05, 0.1) is 0 Å². The largest absolute Gasteiger partial charge is 0.448 e. The first-order chi connectivity index (χ1) is 16.7. The quantitative estimate of drug-likeness (QED) is 0.499. The van der Waals surface area contributed by atoms with Crippen LogP contribution in [0.4, 0.5) is 15.3 Å². The van der Waals surface area contributed by atoms with E-state index in [2.05, 4.69) is 29.6 Å². The highest BCUT2D eigenvalue weighted by atomic mass is 16.6. The van der Waals surface area contributed by atoms with E-state index in [1.807, 2.05) is 36.4 Å². The molecule has 1 aliphatic carbocycles. The van der Waals surface area contributed by atoms with E-state index in [1.165, 1.54) is 28.7 Å². The molecule has 0 spiro atoms. The molecule has 0 saturated carbocycles. The molecular weight excluding hydrogens is 428 g/mol. The van der Waals surface area contributed by atoms with Gasteiger partial charge in [0.25, 0.3) is 0 Å². The molecule has 6 nitrogen and oxygen atoms in total. The van der Waals surface area contributed by atoms with E-state index in [4.69, 9.17) is 9.47 Å². The van der Waals surface area contributed by atoms with Gasteiger partial charge in [0.15, 0.2) is 0 Å². The molecule has 174 valence electrons. The molecule has 1 fully saturated rings. The van der Waals surface area contributed by atoms with Gasteiger partial charge in [-0.25, -0.2) is 9.59 Å². The van der Waals surface area contributed by atoms with Crippen LogP contribution in [0, 0.1) is 0 Å². The number of amides is 2. The maximum absolute atomic E-state index is 12.5. The summed E-state index contributed by atoms with van der Waals surface area (Å²) in [5.74, 6) is 0.0233. The molecule has 2 amide bonds. The Morgan fingerprint density at radius 3 is 2.06 bits per heavy atom. The first-order valence-corrected chi connectivity index (χ1v) is 11.8. The first-order valence-electron chi connectivity index (χ1n) is 11.8. The highest BCUT2D eigenvalue weighted by Crippen LogP contribution is 2.44. The Kier molecular flexibility index (Phi) is 6.47. The topological polar surface area (TPSA) is 67.9 Å². The van der Waals surface area contributed by atoms with Crippen molar-refractivity contribution in [1.82, 2.24) is 4.90 Å². The minimum Gasteiger partial charge on any atom is -0.448 e. The van der Waals surface area contributed by atoms with Crippen LogP contribution in [-0.2, 0) is 16.1 Å². The zero-order valence-corrected chi connectivity index (χ0v) is 19.0. The van der Waals surface area contributed by atoms with Crippen molar-refractivity contribution in [3.63, 3.8) is 0 Å². The van der Waals surface area contributed by atoms with Crippen molar-refractivity contribution in [1.29, 1.82) is 0 Å². The molecule has 1 saturated heterocycles. The summed E-state index contributed by atoms with van der Waals surface area (Å²) in [7, 11) is 0. The molecule has 3 aromatic carbocycles. The molecule has 6 heteroatoms. The monoisotopic (exact) mass is 456 g/mol. The standard InChI is InChI=1S/C28H28N2O4/c31-27(33-19-26-24-10-4-2-8-22(24)23-9-3-5-11-25(23)26)29-21-14-12-20(13-15-21)18-34-28(32)30-16-6-1-7-17-30/h2-5,8-15,26H,1,6-7,16-19H2,(H,29,31). The molecule has 2 aliphatic rings. The highest BCUT2D eigenvalue weighted by Gasteiger charge is 2.29. The second kappa shape index (κ2) is 10.00. The summed E-state index contributed by atoms with van der Waals surface area (Å²) in [5.41, 5.74) is 6.25. The van der Waals surface area contributed by atoms with Gasteiger partial charge in [0.2, 0.25) is 0 Å². The van der Waals surface area contributed by atoms with Crippen molar-refractivity contribution < 1.29 is 19.1 Å². The number of rotatable bonds is 5. The van der Waals surface area contributed by atoms with Crippen molar-refractivity contribution in [3.05, 3.63) is 89.5 Å². The van der Waals surface area contributed by atoms with Gasteiger partial charge in [-0.2, -0.15) is 0 Å². The van der Waals surface area contributed by atoms with Crippen LogP contribution >= 0.6 is 0 Å². The first kappa shape index (κ1) is 22.0. The number of hydrogen-bond acceptors (Lipinski definition) is 4. The number of ether oxygens (including phenoxy) is 2. The second-order valence-corrected chi connectivity index (χ2v) is 8.75. The number of fused-ring (bicyclic) bond motifs is 3. The maximum atomic E-state index is 12.5. The van der Waals surface area contributed by atoms with Crippen LogP contribution in [0.5, 0.6) is 0 Å². The van der Waals surface area contributed by atoms with Crippen molar-refractivity contribution in [2.45, 2.75) is 31.8 Å². The number of anilines is 1. The summed E-state index contributed by atoms with van der Waals surface area (Å²) in [6.45, 7) is 2.01. The molecule has 0 unspecified atom stereocenters. The molecule has 1 aliphatic heterocycles. The Morgan fingerprint density at radius 1 is 0.794 bits per heavy atom. The highest BCUT2D eigenvalue weighted by molar-refractivity contribution is 5.85. The minimum absolute atomic E-state index is 0.0233. The Bertz CT molecular complexity index is 1120. The van der Waals surface area contributed by atoms with Gasteiger partial charge in [-0.15, -0.1) is 0 Å². The molecule has 1 heterocycles. The van der Waals surface area contributed by atoms with Crippen molar-refractivity contribution in [2.75, 3.05) is 25.0 Å². The molecule has 1 N–H and O–H groups in total. The van der Waals surface area contributed by atoms with E-state index in [-0.39, 0.29) is 25.2 Å². The van der Waals surface area contributed by atoms with Crippen LogP contribution in [0.2, 0.25) is 0 Å². The van der Waals surface area contributed by atoms with E-state index in [1.54, 1.807) is 17.0 Å². The van der Waals surface area contributed by atoms with E-state index in [0.717, 1.165) is 31.5 Å². The lowest BCUT2D eigenvalue weighted by Gasteiger charge is -2.25. The number of carbonyl (C=O) groups is 2. The predicted molar refractivity (Wildman–Crippen MR) is 131 cm³/mol. The molecule has 0 radical (unpaired) electrons. The van der Waals surface area contributed by atoms with Gasteiger partial charge >= 0.3 is 12.2 Å². The summed E-state index contributed by atoms with van der Waals surface area (Å²) in [5, 5.41) is 2.78. The normalized spacial score (nSPS) is 14.8. The van der Waals surface area contributed by atoms with Gasteiger partial charge in [0.1, 0.15) is 13.2 Å². The van der Waals surface area contributed by atoms with Gasteiger partial charge in [-0.1, -0.05) is 60.7 Å². The lowest BCUT2D eigenvalue weighted by atomic mass is 9.98. The Morgan fingerprint density at radius 2 is 1.41 bits per heavy atom. The molecule has 0 atom stereocenters. The zero-order chi connectivity index (χ0) is 23.3. The van der Waals surface area contributed by atoms with E-state index >= 15 is 0 Å². The molecule has 0 bridgehead atoms. The lowest BCUT2D eigenvalue weighted by Crippen LogP contribution is -2.35. The van der Waals surface area contributed by atoms with Crippen LogP contribution in [0.15, 0.2) is 72.8 Å². The van der Waals surface area contributed by atoms with E-state index in [9.17, 15) is 9.59 Å². The lowest BCUT2D eigenvalue weighted by molar-refractivity contribution is 0.0894. The Hall–Kier alpha value is -3.80. The molecule has 34 heavy (non-hydrogen) atoms. The van der Waals surface area contributed by atoms with Crippen LogP contribution in [0.1, 0.15) is 41.9 Å². The maximum Gasteiger partial charge on any atom is 0.411 e. The minimum atomic E-state index is -0.494. The Labute approximate surface area is 199 Å². The van der Waals surface area contributed by atoms with Crippen molar-refractivity contribution in [2.24, 2.45) is 0 Å². The number of nitrogens with zero attached hydrogens (tertiary/aromatic N) is 1. The van der Waals surface area contributed by atoms with Crippen LogP contribution < -0.4 is 5.32 Å². The van der Waals surface area contributed by atoms with Gasteiger partial charge in [-0.3, -0.25) is 5.32 Å². The van der Waals surface area contributed by atoms with E-state index < -0.39 is 6.09 Å². The summed E-state index contributed by atoms with van der Waals surface area (Å²) in [4.78, 5) is 26.4. The van der Waals surface area contributed by atoms with Crippen molar-refractivity contribution in [3.8, 4) is 11.1 Å². The third-order valence-electron chi connectivity index (χ3n) is 6.52. The summed E-state index contributed by atoms with van der Waals surface area (Å²) in [6.07, 6.45) is 2.48. The summed E-state index contributed by atoms with van der Waals surface area (Å²) in [6, 6.07) is 23.7. The molecular formula is C28H28N2O4. The third kappa shape index (κ3) is 4.76. The number of benzene rings is 3. The average molecular weight is 457 g/mol. The fraction of sp³-hybridized carbons (Fsp3) is 0.286. The molecule has 5 rings (SSSR count). The van der Waals surface area contributed by atoms with Gasteiger partial charge in [0, 0.05) is 24.7 Å². The number of piperidine rings is 1. The zero-order valence-electron chi connectivity index (χ0n) is 19.0. The fourth-order valence-corrected chi connectivity index (χ4v) is 4.75. The third-order valence-corrected chi connectivity index (χ3v) is 6.52. The van der Waals surface area contributed by atoms with Crippen LogP contribution in [-0.4, -0.2) is 36.8 Å². The Balaban J connectivity index is 1.13. The van der Waals surface area contributed by atoms with Gasteiger partial charge < -0.3 is 14.4 Å². The van der Waals surface area contributed by atoms with Crippen LogP contribution in [0.3, 0.4) is 0 Å². The number of carbonyl (C=O) groups excluding carboxylic acids is 2. The smallest absolute Gasteiger partial charge is 0.411 e.